The molecule has 2 aromatic rings. The molecule has 0 fully saturated rings. The molecule has 0 bridgehead atoms. The Bertz CT molecular complexity index is 593. The molecule has 2 heterocycles. The highest BCUT2D eigenvalue weighted by Crippen LogP contribution is 2.38. The molecule has 0 saturated heterocycles. The van der Waals surface area contributed by atoms with E-state index in [1.807, 2.05) is 6.92 Å². The zero-order chi connectivity index (χ0) is 13.2. The molecular formula is C13H13NO5. The molecule has 0 radical (unpaired) electrons. The van der Waals surface area contributed by atoms with E-state index in [4.69, 9.17) is 18.7 Å². The molecule has 0 amide bonds. The molecule has 1 aliphatic rings. The second-order valence-electron chi connectivity index (χ2n) is 4.19. The van der Waals surface area contributed by atoms with E-state index in [2.05, 4.69) is 5.16 Å². The first-order valence-electron chi connectivity index (χ1n) is 5.84. The van der Waals surface area contributed by atoms with Crippen LogP contribution in [-0.2, 0) is 13.2 Å². The van der Waals surface area contributed by atoms with Gasteiger partial charge in [-0.25, -0.2) is 0 Å². The van der Waals surface area contributed by atoms with Gasteiger partial charge in [-0.05, 0) is 13.0 Å². The van der Waals surface area contributed by atoms with Gasteiger partial charge in [-0.15, -0.1) is 0 Å². The van der Waals surface area contributed by atoms with Crippen molar-refractivity contribution in [3.63, 3.8) is 0 Å². The number of hydrogen-bond donors (Lipinski definition) is 1. The second kappa shape index (κ2) is 4.81. The summed E-state index contributed by atoms with van der Waals surface area (Å²) in [4.78, 5) is 0. The predicted molar refractivity (Wildman–Crippen MR) is 64.1 cm³/mol. The molecule has 1 aromatic carbocycles. The van der Waals surface area contributed by atoms with Gasteiger partial charge in [0.2, 0.25) is 6.79 Å². The van der Waals surface area contributed by atoms with Crippen LogP contribution in [0.2, 0.25) is 0 Å². The van der Waals surface area contributed by atoms with E-state index >= 15 is 0 Å². The first kappa shape index (κ1) is 11.9. The molecule has 19 heavy (non-hydrogen) atoms. The van der Waals surface area contributed by atoms with Crippen LogP contribution in [-0.4, -0.2) is 17.1 Å². The van der Waals surface area contributed by atoms with E-state index in [9.17, 15) is 5.11 Å². The van der Waals surface area contributed by atoms with E-state index in [1.54, 1.807) is 18.2 Å². The summed E-state index contributed by atoms with van der Waals surface area (Å²) in [6.07, 6.45) is 0. The number of ether oxygens (including phenoxy) is 3. The van der Waals surface area contributed by atoms with Crippen LogP contribution in [0.5, 0.6) is 17.2 Å². The predicted octanol–water partition coefficient (Wildman–Crippen LogP) is 1.78. The summed E-state index contributed by atoms with van der Waals surface area (Å²) in [5.41, 5.74) is 1.34. The summed E-state index contributed by atoms with van der Waals surface area (Å²) in [5.74, 6) is 2.51. The van der Waals surface area contributed by atoms with E-state index in [-0.39, 0.29) is 20.0 Å². The molecule has 6 heteroatoms. The Morgan fingerprint density at radius 1 is 1.26 bits per heavy atom. The molecule has 1 aromatic heterocycles. The van der Waals surface area contributed by atoms with Crippen LogP contribution in [0.4, 0.5) is 0 Å². The van der Waals surface area contributed by atoms with E-state index in [0.29, 0.717) is 28.5 Å². The van der Waals surface area contributed by atoms with Crippen molar-refractivity contribution in [2.45, 2.75) is 20.1 Å². The van der Waals surface area contributed by atoms with Gasteiger partial charge in [0.05, 0.1) is 6.61 Å². The average molecular weight is 263 g/mol. The highest BCUT2D eigenvalue weighted by atomic mass is 16.7. The zero-order valence-corrected chi connectivity index (χ0v) is 10.4. The van der Waals surface area contributed by atoms with Crippen molar-refractivity contribution in [3.8, 4) is 17.2 Å². The molecular weight excluding hydrogens is 250 g/mol. The number of fused-ring (bicyclic) bond motifs is 1. The minimum absolute atomic E-state index is 0.135. The Hall–Kier alpha value is -2.21. The molecule has 100 valence electrons. The number of hydrogen-bond acceptors (Lipinski definition) is 6. The maximum absolute atomic E-state index is 9.34. The van der Waals surface area contributed by atoms with Gasteiger partial charge in [-0.1, -0.05) is 5.16 Å². The van der Waals surface area contributed by atoms with Crippen LogP contribution in [0, 0.1) is 6.92 Å². The van der Waals surface area contributed by atoms with Crippen molar-refractivity contribution in [1.29, 1.82) is 0 Å². The lowest BCUT2D eigenvalue weighted by molar-refractivity contribution is 0.173. The van der Waals surface area contributed by atoms with Crippen LogP contribution < -0.4 is 14.2 Å². The average Bonchev–Trinajstić information content (AvgIpc) is 3.03. The Balaban J connectivity index is 1.80. The number of aryl methyl sites for hydroxylation is 1. The molecule has 0 spiro atoms. The summed E-state index contributed by atoms with van der Waals surface area (Å²) in [5, 5.41) is 13.2. The van der Waals surface area contributed by atoms with E-state index in [0.717, 1.165) is 5.76 Å². The minimum Gasteiger partial charge on any atom is -0.487 e. The van der Waals surface area contributed by atoms with Gasteiger partial charge in [0.25, 0.3) is 0 Å². The zero-order valence-electron chi connectivity index (χ0n) is 10.4. The normalized spacial score (nSPS) is 12.7. The molecule has 3 rings (SSSR count). The molecule has 1 N–H and O–H groups in total. The van der Waals surface area contributed by atoms with Gasteiger partial charge in [0.15, 0.2) is 11.5 Å². The van der Waals surface area contributed by atoms with Gasteiger partial charge >= 0.3 is 0 Å². The second-order valence-corrected chi connectivity index (χ2v) is 4.19. The molecule has 1 aliphatic heterocycles. The van der Waals surface area contributed by atoms with Crippen LogP contribution in [0.15, 0.2) is 22.7 Å². The standard InChI is InChI=1S/C13H13NO5/c1-8-2-10(14-19-8)6-16-11-4-13-12(17-7-18-13)3-9(11)5-15/h2-4,15H,5-7H2,1H3. The maximum atomic E-state index is 9.34. The van der Waals surface area contributed by atoms with Crippen LogP contribution in [0.3, 0.4) is 0 Å². The largest absolute Gasteiger partial charge is 0.487 e. The molecule has 0 atom stereocenters. The third-order valence-corrected chi connectivity index (χ3v) is 2.78. The summed E-state index contributed by atoms with van der Waals surface area (Å²) in [6, 6.07) is 5.22. The summed E-state index contributed by atoms with van der Waals surface area (Å²) >= 11 is 0. The van der Waals surface area contributed by atoms with E-state index < -0.39 is 0 Å². The Labute approximate surface area is 109 Å². The van der Waals surface area contributed by atoms with Crippen molar-refractivity contribution in [2.75, 3.05) is 6.79 Å². The molecule has 0 saturated carbocycles. The van der Waals surface area contributed by atoms with Crippen molar-refractivity contribution in [2.24, 2.45) is 0 Å². The number of rotatable bonds is 4. The van der Waals surface area contributed by atoms with Crippen LogP contribution in [0.25, 0.3) is 0 Å². The Kier molecular flexibility index (Phi) is 3.00. The monoisotopic (exact) mass is 263 g/mol. The van der Waals surface area contributed by atoms with Gasteiger partial charge in [0, 0.05) is 17.7 Å². The summed E-state index contributed by atoms with van der Waals surface area (Å²) in [7, 11) is 0. The fraction of sp³-hybridized carbons (Fsp3) is 0.308. The summed E-state index contributed by atoms with van der Waals surface area (Å²) in [6.45, 7) is 2.14. The van der Waals surface area contributed by atoms with Gasteiger partial charge < -0.3 is 23.8 Å². The number of aliphatic hydroxyl groups is 1. The third-order valence-electron chi connectivity index (χ3n) is 2.78. The molecule has 0 unspecified atom stereocenters. The quantitative estimate of drug-likeness (QED) is 0.906. The van der Waals surface area contributed by atoms with Crippen LogP contribution >= 0.6 is 0 Å². The fourth-order valence-corrected chi connectivity index (χ4v) is 1.86. The number of aromatic nitrogens is 1. The first-order valence-corrected chi connectivity index (χ1v) is 5.84. The number of aliphatic hydroxyl groups excluding tert-OH is 1. The van der Waals surface area contributed by atoms with Crippen molar-refractivity contribution < 1.29 is 23.8 Å². The molecule has 0 aliphatic carbocycles. The van der Waals surface area contributed by atoms with Crippen molar-refractivity contribution in [1.82, 2.24) is 5.16 Å². The van der Waals surface area contributed by atoms with Crippen molar-refractivity contribution in [3.05, 3.63) is 35.2 Å². The lowest BCUT2D eigenvalue weighted by atomic mass is 10.2. The number of nitrogens with zero attached hydrogens (tertiary/aromatic N) is 1. The highest BCUT2D eigenvalue weighted by molar-refractivity contribution is 5.51. The smallest absolute Gasteiger partial charge is 0.231 e. The van der Waals surface area contributed by atoms with Gasteiger partial charge in [-0.3, -0.25) is 0 Å². The Morgan fingerprint density at radius 2 is 2.05 bits per heavy atom. The van der Waals surface area contributed by atoms with Crippen LogP contribution in [0.1, 0.15) is 17.0 Å². The van der Waals surface area contributed by atoms with Crippen molar-refractivity contribution >= 4 is 0 Å². The minimum atomic E-state index is -0.135. The maximum Gasteiger partial charge on any atom is 0.231 e. The number of benzene rings is 1. The Morgan fingerprint density at radius 3 is 2.74 bits per heavy atom. The highest BCUT2D eigenvalue weighted by Gasteiger charge is 2.18. The summed E-state index contributed by atoms with van der Waals surface area (Å²) < 4.78 is 21.1. The van der Waals surface area contributed by atoms with Gasteiger partial charge in [-0.2, -0.15) is 0 Å². The third kappa shape index (κ3) is 2.34. The SMILES string of the molecule is Cc1cc(COc2cc3c(cc2CO)OCO3)no1. The molecule has 6 nitrogen and oxygen atoms in total. The lowest BCUT2D eigenvalue weighted by Gasteiger charge is -2.09. The topological polar surface area (TPSA) is 74.0 Å². The van der Waals surface area contributed by atoms with Gasteiger partial charge in [0.1, 0.15) is 23.8 Å². The fourth-order valence-electron chi connectivity index (χ4n) is 1.86. The first-order chi connectivity index (χ1) is 9.26. The lowest BCUT2D eigenvalue weighted by Crippen LogP contribution is -1.99. The van der Waals surface area contributed by atoms with E-state index in [1.165, 1.54) is 0 Å².